The molecule has 1 aliphatic rings. The molecule has 0 aromatic carbocycles. The Labute approximate surface area is 84.4 Å². The van der Waals surface area contributed by atoms with Gasteiger partial charge in [0.2, 0.25) is 0 Å². The van der Waals surface area contributed by atoms with Crippen LogP contribution in [0.15, 0.2) is 0 Å². The number of carbonyl (C=O) groups excluding carboxylic acids is 1. The summed E-state index contributed by atoms with van der Waals surface area (Å²) in [6.45, 7) is 6.23. The first kappa shape index (κ1) is 10.9. The minimum atomic E-state index is -0.360. The smallest absolute Gasteiger partial charge is 0.321 e. The zero-order valence-corrected chi connectivity index (χ0v) is 9.45. The number of rotatable bonds is 4. The van der Waals surface area contributed by atoms with Crippen LogP contribution in [0.3, 0.4) is 0 Å². The highest BCUT2D eigenvalue weighted by Crippen LogP contribution is 2.39. The summed E-state index contributed by atoms with van der Waals surface area (Å²) in [6.07, 6.45) is 3.83. The zero-order valence-electron chi connectivity index (χ0n) is 8.63. The predicted molar refractivity (Wildman–Crippen MR) is 55.9 cm³/mol. The summed E-state index contributed by atoms with van der Waals surface area (Å²) in [7, 11) is 0. The molecule has 1 fully saturated rings. The highest BCUT2D eigenvalue weighted by Gasteiger charge is 2.34. The third-order valence-electron chi connectivity index (χ3n) is 2.28. The molecular weight excluding hydrogens is 184 g/mol. The van der Waals surface area contributed by atoms with Gasteiger partial charge in [0.15, 0.2) is 0 Å². The molecular formula is C10H18O2S. The molecule has 0 amide bonds. The maximum absolute atomic E-state index is 11.5. The van der Waals surface area contributed by atoms with Crippen LogP contribution in [-0.4, -0.2) is 22.6 Å². The second-order valence-electron chi connectivity index (χ2n) is 3.90. The van der Waals surface area contributed by atoms with Crippen LogP contribution >= 0.6 is 11.8 Å². The maximum Gasteiger partial charge on any atom is 0.321 e. The standard InChI is InChI=1S/C10H18O2S/c1-4-12-9(11)10(2,3)13-8-6-5-7-8/h8H,4-7H2,1-3H3. The van der Waals surface area contributed by atoms with Crippen LogP contribution in [0.25, 0.3) is 0 Å². The SMILES string of the molecule is CCOC(=O)C(C)(C)SC1CCC1. The van der Waals surface area contributed by atoms with E-state index >= 15 is 0 Å². The second-order valence-corrected chi connectivity index (χ2v) is 5.82. The summed E-state index contributed by atoms with van der Waals surface area (Å²) in [5, 5.41) is 0.680. The largest absolute Gasteiger partial charge is 0.465 e. The zero-order chi connectivity index (χ0) is 9.90. The lowest BCUT2D eigenvalue weighted by atomic mass is 10.00. The van der Waals surface area contributed by atoms with Crippen molar-refractivity contribution in [3.05, 3.63) is 0 Å². The Morgan fingerprint density at radius 1 is 1.54 bits per heavy atom. The van der Waals surface area contributed by atoms with E-state index in [9.17, 15) is 4.79 Å². The lowest BCUT2D eigenvalue weighted by Gasteiger charge is -2.32. The van der Waals surface area contributed by atoms with Crippen LogP contribution in [-0.2, 0) is 9.53 Å². The molecule has 1 saturated carbocycles. The molecule has 0 atom stereocenters. The summed E-state index contributed by atoms with van der Waals surface area (Å²) in [5.41, 5.74) is 0. The van der Waals surface area contributed by atoms with E-state index in [0.29, 0.717) is 11.9 Å². The van der Waals surface area contributed by atoms with Gasteiger partial charge in [0.05, 0.1) is 6.61 Å². The quantitative estimate of drug-likeness (QED) is 0.655. The van der Waals surface area contributed by atoms with E-state index in [1.165, 1.54) is 19.3 Å². The minimum Gasteiger partial charge on any atom is -0.465 e. The molecule has 0 aliphatic heterocycles. The fourth-order valence-corrected chi connectivity index (χ4v) is 2.82. The molecule has 0 unspecified atom stereocenters. The van der Waals surface area contributed by atoms with Crippen molar-refractivity contribution in [2.24, 2.45) is 0 Å². The average Bonchev–Trinajstić information content (AvgIpc) is 1.98. The summed E-state index contributed by atoms with van der Waals surface area (Å²) in [5.74, 6) is -0.0769. The molecule has 0 heterocycles. The first-order valence-electron chi connectivity index (χ1n) is 4.91. The summed E-state index contributed by atoms with van der Waals surface area (Å²) in [6, 6.07) is 0. The molecule has 13 heavy (non-hydrogen) atoms. The number of ether oxygens (including phenoxy) is 1. The minimum absolute atomic E-state index is 0.0769. The van der Waals surface area contributed by atoms with Gasteiger partial charge in [0.1, 0.15) is 4.75 Å². The van der Waals surface area contributed by atoms with Crippen molar-refractivity contribution in [2.75, 3.05) is 6.61 Å². The summed E-state index contributed by atoms with van der Waals surface area (Å²) >= 11 is 1.76. The van der Waals surface area contributed by atoms with Gasteiger partial charge in [0.25, 0.3) is 0 Å². The number of hydrogen-bond acceptors (Lipinski definition) is 3. The summed E-state index contributed by atoms with van der Waals surface area (Å²) < 4.78 is 4.66. The Kier molecular flexibility index (Phi) is 3.65. The van der Waals surface area contributed by atoms with E-state index in [2.05, 4.69) is 0 Å². The Hall–Kier alpha value is -0.180. The molecule has 76 valence electrons. The fourth-order valence-electron chi connectivity index (χ4n) is 1.26. The van der Waals surface area contributed by atoms with Gasteiger partial charge < -0.3 is 4.74 Å². The van der Waals surface area contributed by atoms with Crippen molar-refractivity contribution in [3.8, 4) is 0 Å². The monoisotopic (exact) mass is 202 g/mol. The van der Waals surface area contributed by atoms with Crippen LogP contribution < -0.4 is 0 Å². The van der Waals surface area contributed by atoms with Gasteiger partial charge in [-0.05, 0) is 33.6 Å². The molecule has 0 saturated heterocycles. The topological polar surface area (TPSA) is 26.3 Å². The van der Waals surface area contributed by atoms with Gasteiger partial charge >= 0.3 is 5.97 Å². The van der Waals surface area contributed by atoms with E-state index < -0.39 is 0 Å². The fraction of sp³-hybridized carbons (Fsp3) is 0.900. The Morgan fingerprint density at radius 2 is 2.15 bits per heavy atom. The lowest BCUT2D eigenvalue weighted by Crippen LogP contribution is -2.34. The molecule has 0 bridgehead atoms. The Morgan fingerprint density at radius 3 is 2.54 bits per heavy atom. The van der Waals surface area contributed by atoms with Gasteiger partial charge in [-0.2, -0.15) is 0 Å². The lowest BCUT2D eigenvalue weighted by molar-refractivity contribution is -0.145. The first-order valence-corrected chi connectivity index (χ1v) is 5.79. The number of esters is 1. The van der Waals surface area contributed by atoms with Crippen molar-refractivity contribution in [3.63, 3.8) is 0 Å². The van der Waals surface area contributed by atoms with Crippen LogP contribution in [0, 0.1) is 0 Å². The number of thioether (sulfide) groups is 1. The first-order chi connectivity index (χ1) is 6.06. The van der Waals surface area contributed by atoms with E-state index in [1.54, 1.807) is 11.8 Å². The van der Waals surface area contributed by atoms with Crippen molar-refractivity contribution in [1.82, 2.24) is 0 Å². The normalized spacial score (nSPS) is 18.1. The van der Waals surface area contributed by atoms with Gasteiger partial charge in [-0.3, -0.25) is 4.79 Å². The van der Waals surface area contributed by atoms with Gasteiger partial charge in [-0.1, -0.05) is 6.42 Å². The van der Waals surface area contributed by atoms with Crippen LogP contribution in [0.2, 0.25) is 0 Å². The second kappa shape index (κ2) is 4.36. The third-order valence-corrected chi connectivity index (χ3v) is 3.84. The van der Waals surface area contributed by atoms with Crippen molar-refractivity contribution >= 4 is 17.7 Å². The third kappa shape index (κ3) is 2.90. The van der Waals surface area contributed by atoms with E-state index in [4.69, 9.17) is 4.74 Å². The molecule has 0 radical (unpaired) electrons. The summed E-state index contributed by atoms with van der Waals surface area (Å²) in [4.78, 5) is 11.5. The average molecular weight is 202 g/mol. The molecule has 0 N–H and O–H groups in total. The highest BCUT2D eigenvalue weighted by atomic mass is 32.2. The predicted octanol–water partition coefficient (Wildman–Crippen LogP) is 2.61. The molecule has 1 rings (SSSR count). The van der Waals surface area contributed by atoms with E-state index in [-0.39, 0.29) is 10.7 Å². The molecule has 3 heteroatoms. The van der Waals surface area contributed by atoms with Crippen molar-refractivity contribution < 1.29 is 9.53 Å². The van der Waals surface area contributed by atoms with E-state index in [1.807, 2.05) is 20.8 Å². The van der Waals surface area contributed by atoms with Crippen LogP contribution in [0.4, 0.5) is 0 Å². The van der Waals surface area contributed by atoms with Gasteiger partial charge in [-0.25, -0.2) is 0 Å². The molecule has 0 spiro atoms. The molecule has 0 aromatic rings. The highest BCUT2D eigenvalue weighted by molar-refractivity contribution is 8.02. The van der Waals surface area contributed by atoms with Crippen LogP contribution in [0.5, 0.6) is 0 Å². The molecule has 2 nitrogen and oxygen atoms in total. The maximum atomic E-state index is 11.5. The number of carbonyl (C=O) groups is 1. The molecule has 0 aromatic heterocycles. The van der Waals surface area contributed by atoms with Crippen LogP contribution in [0.1, 0.15) is 40.0 Å². The Bertz CT molecular complexity index is 185. The Balaban J connectivity index is 2.38. The van der Waals surface area contributed by atoms with Crippen molar-refractivity contribution in [1.29, 1.82) is 0 Å². The van der Waals surface area contributed by atoms with Gasteiger partial charge in [0, 0.05) is 5.25 Å². The number of hydrogen-bond donors (Lipinski definition) is 0. The molecule has 1 aliphatic carbocycles. The van der Waals surface area contributed by atoms with E-state index in [0.717, 1.165) is 0 Å². The van der Waals surface area contributed by atoms with Crippen molar-refractivity contribution in [2.45, 2.75) is 50.0 Å². The van der Waals surface area contributed by atoms with Gasteiger partial charge in [-0.15, -0.1) is 11.8 Å².